The second-order valence-electron chi connectivity index (χ2n) is 8.08. The smallest absolute Gasteiger partial charge is 0.353 e. The number of carbonyl (C=O) groups excluding carboxylic acids is 1. The maximum Gasteiger partial charge on any atom is 0.417 e. The third kappa shape index (κ3) is 4.72. The average molecular weight is 478 g/mol. The van der Waals surface area contributed by atoms with Crippen molar-refractivity contribution in [2.24, 2.45) is 0 Å². The molecule has 1 amide bonds. The number of nitrogens with zero attached hydrogens (tertiary/aromatic N) is 6. The summed E-state index contributed by atoms with van der Waals surface area (Å²) in [6.07, 6.45) is -0.208. The Morgan fingerprint density at radius 1 is 0.886 bits per heavy atom. The lowest BCUT2D eigenvalue weighted by Crippen LogP contribution is -2.49. The lowest BCUT2D eigenvalue weighted by atomic mass is 10.1. The molecule has 4 aromatic rings. The van der Waals surface area contributed by atoms with Gasteiger partial charge in [-0.2, -0.15) is 18.3 Å². The minimum Gasteiger partial charge on any atom is -0.353 e. The Hall–Kier alpha value is -4.21. The number of benzene rings is 1. The van der Waals surface area contributed by atoms with Crippen LogP contribution < -0.4 is 4.90 Å². The molecule has 0 radical (unpaired) electrons. The van der Waals surface area contributed by atoms with E-state index in [1.165, 1.54) is 6.07 Å². The lowest BCUT2D eigenvalue weighted by molar-refractivity contribution is -0.137. The van der Waals surface area contributed by atoms with E-state index in [9.17, 15) is 18.0 Å². The van der Waals surface area contributed by atoms with Gasteiger partial charge in [-0.3, -0.25) is 9.78 Å². The van der Waals surface area contributed by atoms with Crippen LogP contribution in [0.25, 0.3) is 16.9 Å². The summed E-state index contributed by atoms with van der Waals surface area (Å²) in [5, 5.41) is 4.61. The first-order chi connectivity index (χ1) is 16.9. The van der Waals surface area contributed by atoms with Gasteiger partial charge in [0.25, 0.3) is 5.91 Å². The summed E-state index contributed by atoms with van der Waals surface area (Å²) in [6.45, 7) is 1.73. The number of pyridine rings is 2. The van der Waals surface area contributed by atoms with Gasteiger partial charge < -0.3 is 9.80 Å². The van der Waals surface area contributed by atoms with Crippen LogP contribution in [0.1, 0.15) is 16.1 Å². The number of anilines is 1. The van der Waals surface area contributed by atoms with Crippen LogP contribution >= 0.6 is 0 Å². The van der Waals surface area contributed by atoms with Crippen LogP contribution in [0.2, 0.25) is 0 Å². The van der Waals surface area contributed by atoms with Gasteiger partial charge in [0.1, 0.15) is 5.82 Å². The van der Waals surface area contributed by atoms with E-state index in [0.29, 0.717) is 37.7 Å². The van der Waals surface area contributed by atoms with Crippen LogP contribution in [0.15, 0.2) is 79.3 Å². The maximum atomic E-state index is 13.3. The molecular weight excluding hydrogens is 457 g/mol. The molecule has 0 aliphatic carbocycles. The summed E-state index contributed by atoms with van der Waals surface area (Å²) < 4.78 is 40.1. The summed E-state index contributed by atoms with van der Waals surface area (Å²) in [6, 6.07) is 17.4. The van der Waals surface area contributed by atoms with Gasteiger partial charge in [-0.15, -0.1) is 0 Å². The molecule has 178 valence electrons. The Morgan fingerprint density at radius 3 is 2.23 bits per heavy atom. The van der Waals surface area contributed by atoms with Gasteiger partial charge in [-0.1, -0.05) is 18.2 Å². The highest BCUT2D eigenvalue weighted by atomic mass is 19.4. The van der Waals surface area contributed by atoms with Gasteiger partial charge in [0.15, 0.2) is 5.69 Å². The molecule has 3 aromatic heterocycles. The standard InChI is InChI=1S/C25H21F3N6O/c26-25(27,28)19-6-7-23(30-17-19)32-12-14-33(15-13-32)24(35)21-16-22(18-8-10-29-11-9-18)34(31-21)20-4-2-1-3-5-20/h1-11,16-17H,12-15H2. The number of amides is 1. The third-order valence-electron chi connectivity index (χ3n) is 5.87. The number of halogens is 3. The predicted octanol–water partition coefficient (Wildman–Crippen LogP) is 4.31. The summed E-state index contributed by atoms with van der Waals surface area (Å²) in [4.78, 5) is 24.9. The van der Waals surface area contributed by atoms with Gasteiger partial charge in [0, 0.05) is 50.3 Å². The number of carbonyl (C=O) groups is 1. The fraction of sp³-hybridized carbons (Fsp3) is 0.200. The Kier molecular flexibility index (Phi) is 5.94. The third-order valence-corrected chi connectivity index (χ3v) is 5.87. The molecule has 1 fully saturated rings. The number of hydrogen-bond donors (Lipinski definition) is 0. The molecule has 4 heterocycles. The monoisotopic (exact) mass is 478 g/mol. The van der Waals surface area contributed by atoms with Crippen LogP contribution in [0.5, 0.6) is 0 Å². The Balaban J connectivity index is 1.34. The van der Waals surface area contributed by atoms with E-state index in [1.807, 2.05) is 47.4 Å². The topological polar surface area (TPSA) is 67.2 Å². The largest absolute Gasteiger partial charge is 0.417 e. The molecule has 0 bridgehead atoms. The summed E-state index contributed by atoms with van der Waals surface area (Å²) >= 11 is 0. The van der Waals surface area contributed by atoms with Crippen LogP contribution in [0, 0.1) is 0 Å². The zero-order valence-corrected chi connectivity index (χ0v) is 18.6. The molecule has 1 aliphatic rings. The number of piperazine rings is 1. The van der Waals surface area contributed by atoms with Crippen molar-refractivity contribution >= 4 is 11.7 Å². The summed E-state index contributed by atoms with van der Waals surface area (Å²) in [5.74, 6) is 0.258. The van der Waals surface area contributed by atoms with E-state index < -0.39 is 11.7 Å². The Labute approximate surface area is 199 Å². The zero-order chi connectivity index (χ0) is 24.4. The van der Waals surface area contributed by atoms with E-state index in [-0.39, 0.29) is 5.91 Å². The van der Waals surface area contributed by atoms with Gasteiger partial charge >= 0.3 is 6.18 Å². The van der Waals surface area contributed by atoms with Gasteiger partial charge in [0.2, 0.25) is 0 Å². The average Bonchev–Trinajstić information content (AvgIpc) is 3.35. The normalized spacial score (nSPS) is 14.3. The number of para-hydroxylation sites is 1. The van der Waals surface area contributed by atoms with E-state index in [4.69, 9.17) is 0 Å². The highest BCUT2D eigenvalue weighted by molar-refractivity contribution is 5.94. The van der Waals surface area contributed by atoms with E-state index >= 15 is 0 Å². The fourth-order valence-electron chi connectivity index (χ4n) is 4.02. The quantitative estimate of drug-likeness (QED) is 0.437. The second-order valence-corrected chi connectivity index (χ2v) is 8.08. The molecule has 0 spiro atoms. The second kappa shape index (κ2) is 9.21. The molecule has 0 N–H and O–H groups in total. The van der Waals surface area contributed by atoms with Crippen molar-refractivity contribution in [1.29, 1.82) is 0 Å². The van der Waals surface area contributed by atoms with Crippen LogP contribution in [0.3, 0.4) is 0 Å². The van der Waals surface area contributed by atoms with Gasteiger partial charge in [-0.05, 0) is 42.5 Å². The molecule has 7 nitrogen and oxygen atoms in total. The van der Waals surface area contributed by atoms with Gasteiger partial charge in [0.05, 0.1) is 16.9 Å². The maximum absolute atomic E-state index is 13.3. The summed E-state index contributed by atoms with van der Waals surface area (Å²) in [5.41, 5.74) is 2.02. The van der Waals surface area contributed by atoms with Crippen molar-refractivity contribution in [3.63, 3.8) is 0 Å². The van der Waals surface area contributed by atoms with Crippen molar-refractivity contribution in [2.45, 2.75) is 6.18 Å². The molecule has 0 unspecified atom stereocenters. The van der Waals surface area contributed by atoms with Crippen molar-refractivity contribution in [3.8, 4) is 16.9 Å². The van der Waals surface area contributed by atoms with Crippen LogP contribution in [0.4, 0.5) is 19.0 Å². The Bertz CT molecular complexity index is 1240. The molecule has 0 atom stereocenters. The van der Waals surface area contributed by atoms with Crippen molar-refractivity contribution < 1.29 is 18.0 Å². The first kappa shape index (κ1) is 22.6. The van der Waals surface area contributed by atoms with Crippen molar-refractivity contribution in [1.82, 2.24) is 24.6 Å². The summed E-state index contributed by atoms with van der Waals surface area (Å²) in [7, 11) is 0. The van der Waals surface area contributed by atoms with E-state index in [2.05, 4.69) is 15.1 Å². The van der Waals surface area contributed by atoms with Crippen LogP contribution in [-0.4, -0.2) is 56.7 Å². The minimum atomic E-state index is -4.42. The SMILES string of the molecule is O=C(c1cc(-c2ccncc2)n(-c2ccccc2)n1)N1CCN(c2ccc(C(F)(F)F)cn2)CC1. The minimum absolute atomic E-state index is 0.199. The first-order valence-corrected chi connectivity index (χ1v) is 11.0. The molecule has 1 aliphatic heterocycles. The molecule has 35 heavy (non-hydrogen) atoms. The molecule has 0 saturated carbocycles. The highest BCUT2D eigenvalue weighted by Gasteiger charge is 2.31. The lowest BCUT2D eigenvalue weighted by Gasteiger charge is -2.35. The van der Waals surface area contributed by atoms with Crippen molar-refractivity contribution in [2.75, 3.05) is 31.1 Å². The van der Waals surface area contributed by atoms with Crippen molar-refractivity contribution in [3.05, 3.63) is 90.5 Å². The van der Waals surface area contributed by atoms with Crippen LogP contribution in [-0.2, 0) is 6.18 Å². The van der Waals surface area contributed by atoms with E-state index in [1.54, 1.807) is 28.0 Å². The predicted molar refractivity (Wildman–Crippen MR) is 124 cm³/mol. The molecule has 5 rings (SSSR count). The number of alkyl halides is 3. The van der Waals surface area contributed by atoms with Gasteiger partial charge in [-0.25, -0.2) is 9.67 Å². The zero-order valence-electron chi connectivity index (χ0n) is 18.6. The molecule has 10 heteroatoms. The number of hydrogen-bond acceptors (Lipinski definition) is 5. The number of rotatable bonds is 4. The Morgan fingerprint density at radius 2 is 1.60 bits per heavy atom. The molecular formula is C25H21F3N6O. The molecule has 1 saturated heterocycles. The first-order valence-electron chi connectivity index (χ1n) is 11.0. The number of aromatic nitrogens is 4. The highest BCUT2D eigenvalue weighted by Crippen LogP contribution is 2.30. The molecule has 1 aromatic carbocycles. The fourth-order valence-corrected chi connectivity index (χ4v) is 4.02. The van der Waals surface area contributed by atoms with E-state index in [0.717, 1.165) is 29.2 Å².